The van der Waals surface area contributed by atoms with E-state index in [1.807, 2.05) is 43.1 Å². The summed E-state index contributed by atoms with van der Waals surface area (Å²) in [6.45, 7) is 3.42. The lowest BCUT2D eigenvalue weighted by Crippen LogP contribution is -2.19. The van der Waals surface area contributed by atoms with Crippen LogP contribution < -0.4 is 10.3 Å². The molecule has 0 spiro atoms. The summed E-state index contributed by atoms with van der Waals surface area (Å²) in [5.74, 6) is 2.09. The van der Waals surface area contributed by atoms with E-state index in [1.165, 1.54) is 0 Å². The molecule has 4 aromatic rings. The number of benzene rings is 1. The third-order valence-electron chi connectivity index (χ3n) is 6.14. The second kappa shape index (κ2) is 7.70. The molecule has 5 rings (SSSR count). The van der Waals surface area contributed by atoms with Crippen molar-refractivity contribution in [3.8, 4) is 28.5 Å². The van der Waals surface area contributed by atoms with E-state index in [1.54, 1.807) is 17.8 Å². The molecule has 1 N–H and O–H groups in total. The molecule has 4 heterocycles. The first-order valence-corrected chi connectivity index (χ1v) is 10.4. The SMILES string of the molecule is COc1cccc(-c2cn3nc(-c4nccn4C)[nH]c(=O)c3c2C2CCOCC2)c1C. The molecular weight excluding hydrogens is 394 g/mol. The van der Waals surface area contributed by atoms with Gasteiger partial charge in [-0.1, -0.05) is 12.1 Å². The van der Waals surface area contributed by atoms with E-state index >= 15 is 0 Å². The van der Waals surface area contributed by atoms with Gasteiger partial charge in [0, 0.05) is 44.4 Å². The maximum absolute atomic E-state index is 13.3. The van der Waals surface area contributed by atoms with Gasteiger partial charge in [-0.25, -0.2) is 9.50 Å². The van der Waals surface area contributed by atoms with E-state index in [2.05, 4.69) is 16.0 Å². The summed E-state index contributed by atoms with van der Waals surface area (Å²) in [7, 11) is 3.55. The van der Waals surface area contributed by atoms with Gasteiger partial charge in [0.05, 0.1) is 7.11 Å². The van der Waals surface area contributed by atoms with Crippen LogP contribution in [-0.2, 0) is 11.8 Å². The Morgan fingerprint density at radius 1 is 1.23 bits per heavy atom. The Morgan fingerprint density at radius 3 is 2.74 bits per heavy atom. The Balaban J connectivity index is 1.79. The van der Waals surface area contributed by atoms with Crippen LogP contribution in [0.2, 0.25) is 0 Å². The van der Waals surface area contributed by atoms with Crippen molar-refractivity contribution in [2.24, 2.45) is 7.05 Å². The molecule has 0 unspecified atom stereocenters. The van der Waals surface area contributed by atoms with Crippen molar-refractivity contribution in [1.82, 2.24) is 24.1 Å². The number of rotatable bonds is 4. The lowest BCUT2D eigenvalue weighted by atomic mass is 9.86. The van der Waals surface area contributed by atoms with Gasteiger partial charge < -0.3 is 19.0 Å². The van der Waals surface area contributed by atoms with Crippen LogP contribution in [-0.4, -0.2) is 44.5 Å². The molecule has 8 heteroatoms. The highest BCUT2D eigenvalue weighted by atomic mass is 16.5. The van der Waals surface area contributed by atoms with Crippen LogP contribution in [0.5, 0.6) is 5.75 Å². The molecule has 0 bridgehead atoms. The van der Waals surface area contributed by atoms with E-state index in [9.17, 15) is 4.79 Å². The summed E-state index contributed by atoms with van der Waals surface area (Å²) >= 11 is 0. The number of hydrogen-bond donors (Lipinski definition) is 1. The predicted octanol–water partition coefficient (Wildman–Crippen LogP) is 3.30. The van der Waals surface area contributed by atoms with Crippen LogP contribution in [0.1, 0.15) is 29.9 Å². The molecule has 3 aromatic heterocycles. The van der Waals surface area contributed by atoms with E-state index in [-0.39, 0.29) is 11.5 Å². The molecular formula is C23H25N5O3. The number of aromatic amines is 1. The molecule has 0 saturated carbocycles. The fourth-order valence-electron chi connectivity index (χ4n) is 4.55. The summed E-state index contributed by atoms with van der Waals surface area (Å²) in [6, 6.07) is 6.00. The maximum atomic E-state index is 13.3. The maximum Gasteiger partial charge on any atom is 0.275 e. The zero-order valence-electron chi connectivity index (χ0n) is 17.9. The van der Waals surface area contributed by atoms with Crippen LogP contribution in [0, 0.1) is 6.92 Å². The number of aryl methyl sites for hydroxylation is 1. The van der Waals surface area contributed by atoms with E-state index in [0.717, 1.165) is 40.8 Å². The molecule has 1 aromatic carbocycles. The van der Waals surface area contributed by atoms with E-state index < -0.39 is 0 Å². The highest BCUT2D eigenvalue weighted by Gasteiger charge is 2.27. The minimum atomic E-state index is -0.165. The minimum Gasteiger partial charge on any atom is -0.496 e. The topological polar surface area (TPSA) is 86.4 Å². The number of H-pyrrole nitrogens is 1. The number of aromatic nitrogens is 5. The van der Waals surface area contributed by atoms with Crippen molar-refractivity contribution in [3.63, 3.8) is 0 Å². The van der Waals surface area contributed by atoms with E-state index in [4.69, 9.17) is 14.6 Å². The van der Waals surface area contributed by atoms with Gasteiger partial charge >= 0.3 is 0 Å². The van der Waals surface area contributed by atoms with Gasteiger partial charge in [0.1, 0.15) is 11.3 Å². The molecule has 31 heavy (non-hydrogen) atoms. The van der Waals surface area contributed by atoms with Crippen LogP contribution >= 0.6 is 0 Å². The van der Waals surface area contributed by atoms with Crippen molar-refractivity contribution in [3.05, 3.63) is 58.3 Å². The number of methoxy groups -OCH3 is 1. The fraction of sp³-hybridized carbons (Fsp3) is 0.348. The van der Waals surface area contributed by atoms with Gasteiger partial charge in [0.15, 0.2) is 11.6 Å². The Bertz CT molecular complexity index is 1310. The first-order chi connectivity index (χ1) is 15.1. The zero-order valence-corrected chi connectivity index (χ0v) is 17.9. The van der Waals surface area contributed by atoms with Crippen molar-refractivity contribution in [2.45, 2.75) is 25.7 Å². The van der Waals surface area contributed by atoms with Gasteiger partial charge in [0.25, 0.3) is 5.56 Å². The molecule has 1 aliphatic heterocycles. The third-order valence-corrected chi connectivity index (χ3v) is 6.14. The fourth-order valence-corrected chi connectivity index (χ4v) is 4.55. The molecule has 0 atom stereocenters. The van der Waals surface area contributed by atoms with Crippen molar-refractivity contribution in [1.29, 1.82) is 0 Å². The van der Waals surface area contributed by atoms with Crippen LogP contribution in [0.25, 0.3) is 28.3 Å². The summed E-state index contributed by atoms with van der Waals surface area (Å²) in [4.78, 5) is 20.6. The molecule has 0 radical (unpaired) electrons. The average molecular weight is 419 g/mol. The first-order valence-electron chi connectivity index (χ1n) is 10.4. The predicted molar refractivity (Wildman–Crippen MR) is 118 cm³/mol. The summed E-state index contributed by atoms with van der Waals surface area (Å²) < 4.78 is 14.7. The molecule has 1 fully saturated rings. The molecule has 1 saturated heterocycles. The molecule has 1 aliphatic rings. The van der Waals surface area contributed by atoms with Gasteiger partial charge in [-0.3, -0.25) is 4.79 Å². The monoisotopic (exact) mass is 419 g/mol. The average Bonchev–Trinajstić information content (AvgIpc) is 3.38. The largest absolute Gasteiger partial charge is 0.496 e. The smallest absolute Gasteiger partial charge is 0.275 e. The number of nitrogens with one attached hydrogen (secondary N) is 1. The normalized spacial score (nSPS) is 14.9. The second-order valence-corrected chi connectivity index (χ2v) is 7.93. The lowest BCUT2D eigenvalue weighted by Gasteiger charge is -2.23. The Kier molecular flexibility index (Phi) is 4.86. The molecule has 8 nitrogen and oxygen atoms in total. The first kappa shape index (κ1) is 19.6. The van der Waals surface area contributed by atoms with Crippen LogP contribution in [0.15, 0.2) is 41.6 Å². The van der Waals surface area contributed by atoms with Crippen LogP contribution in [0.4, 0.5) is 0 Å². The van der Waals surface area contributed by atoms with Gasteiger partial charge in [-0.2, -0.15) is 0 Å². The zero-order chi connectivity index (χ0) is 21.5. The Hall–Kier alpha value is -3.39. The third kappa shape index (κ3) is 3.23. The number of fused-ring (bicyclic) bond motifs is 1. The Morgan fingerprint density at radius 2 is 2.03 bits per heavy atom. The highest BCUT2D eigenvalue weighted by Crippen LogP contribution is 2.40. The molecule has 160 valence electrons. The lowest BCUT2D eigenvalue weighted by molar-refractivity contribution is 0.0857. The quantitative estimate of drug-likeness (QED) is 0.549. The standard InChI is InChI=1S/C23H25N5O3/c1-14-16(5-4-6-18(14)30-3)17-13-28-20(19(17)15-7-11-31-12-8-15)23(29)25-21(26-28)22-24-9-10-27(22)2/h4-6,9-10,13,15H,7-8,11-12H2,1-3H3,(H,25,26,29). The van der Waals surface area contributed by atoms with Crippen molar-refractivity contribution < 1.29 is 9.47 Å². The highest BCUT2D eigenvalue weighted by molar-refractivity contribution is 5.80. The van der Waals surface area contributed by atoms with Crippen molar-refractivity contribution in [2.75, 3.05) is 20.3 Å². The summed E-state index contributed by atoms with van der Waals surface area (Å²) in [6.07, 6.45) is 7.22. The Labute approximate surface area is 179 Å². The van der Waals surface area contributed by atoms with Gasteiger partial charge in [0.2, 0.25) is 0 Å². The number of ether oxygens (including phenoxy) is 2. The molecule has 0 aliphatic carbocycles. The second-order valence-electron chi connectivity index (χ2n) is 7.93. The number of imidazole rings is 1. The number of nitrogens with zero attached hydrogens (tertiary/aromatic N) is 4. The summed E-state index contributed by atoms with van der Waals surface area (Å²) in [5, 5.41) is 4.73. The number of hydrogen-bond acceptors (Lipinski definition) is 5. The van der Waals surface area contributed by atoms with Gasteiger partial charge in [-0.15, -0.1) is 5.10 Å². The van der Waals surface area contributed by atoms with E-state index in [0.29, 0.717) is 30.4 Å². The minimum absolute atomic E-state index is 0.165. The molecule has 0 amide bonds. The summed E-state index contributed by atoms with van der Waals surface area (Å²) in [5.41, 5.74) is 4.54. The van der Waals surface area contributed by atoms with Gasteiger partial charge in [-0.05, 0) is 48.4 Å². The van der Waals surface area contributed by atoms with Crippen LogP contribution in [0.3, 0.4) is 0 Å². The van der Waals surface area contributed by atoms with Crippen molar-refractivity contribution >= 4 is 5.52 Å².